The molecule has 0 atom stereocenters. The fourth-order valence-electron chi connectivity index (χ4n) is 1.35. The van der Waals surface area contributed by atoms with Gasteiger partial charge in [-0.05, 0) is 12.1 Å². The molecule has 0 fully saturated rings. The van der Waals surface area contributed by atoms with Crippen LogP contribution in [0, 0.1) is 17.5 Å². The molecule has 6 heteroatoms. The summed E-state index contributed by atoms with van der Waals surface area (Å²) >= 11 is 0. The number of halogens is 3. The highest BCUT2D eigenvalue weighted by atomic mass is 19.2. The number of anilines is 1. The Morgan fingerprint density at radius 3 is 2.19 bits per heavy atom. The third kappa shape index (κ3) is 1.52. The maximum Gasteiger partial charge on any atom is 0.194 e. The van der Waals surface area contributed by atoms with E-state index in [9.17, 15) is 13.2 Å². The number of imidazole rings is 1. The topological polar surface area (TPSA) is 43.8 Å². The first kappa shape index (κ1) is 10.5. The Morgan fingerprint density at radius 1 is 1.19 bits per heavy atom. The Kier molecular flexibility index (Phi) is 2.34. The fraction of sp³-hybridized carbons (Fsp3) is 0.100. The van der Waals surface area contributed by atoms with Crippen LogP contribution >= 0.6 is 0 Å². The maximum absolute atomic E-state index is 13.0. The van der Waals surface area contributed by atoms with E-state index in [2.05, 4.69) is 4.98 Å². The predicted octanol–water partition coefficient (Wildman–Crippen LogP) is 2.09. The van der Waals surface area contributed by atoms with Gasteiger partial charge in [0.25, 0.3) is 0 Å². The Balaban J connectivity index is 2.61. The smallest absolute Gasteiger partial charge is 0.194 e. The molecule has 0 spiro atoms. The molecule has 0 bridgehead atoms. The van der Waals surface area contributed by atoms with Gasteiger partial charge in [0.05, 0.1) is 6.33 Å². The molecule has 0 unspecified atom stereocenters. The van der Waals surface area contributed by atoms with E-state index < -0.39 is 17.5 Å². The average Bonchev–Trinajstić information content (AvgIpc) is 2.56. The minimum Gasteiger partial charge on any atom is -0.383 e. The lowest BCUT2D eigenvalue weighted by Gasteiger charge is -2.02. The normalized spacial score (nSPS) is 10.8. The van der Waals surface area contributed by atoms with Crippen LogP contribution in [0.3, 0.4) is 0 Å². The lowest BCUT2D eigenvalue weighted by Crippen LogP contribution is -1.97. The van der Waals surface area contributed by atoms with Crippen molar-refractivity contribution in [3.8, 4) is 11.3 Å². The molecule has 0 aliphatic rings. The van der Waals surface area contributed by atoms with Gasteiger partial charge in [0.2, 0.25) is 0 Å². The van der Waals surface area contributed by atoms with Gasteiger partial charge < -0.3 is 10.3 Å². The van der Waals surface area contributed by atoms with Gasteiger partial charge in [-0.2, -0.15) is 0 Å². The van der Waals surface area contributed by atoms with Crippen molar-refractivity contribution in [1.29, 1.82) is 0 Å². The molecule has 16 heavy (non-hydrogen) atoms. The summed E-state index contributed by atoms with van der Waals surface area (Å²) < 4.78 is 40.2. The van der Waals surface area contributed by atoms with Crippen molar-refractivity contribution in [2.24, 2.45) is 7.05 Å². The van der Waals surface area contributed by atoms with E-state index in [1.807, 2.05) is 0 Å². The van der Waals surface area contributed by atoms with Crippen molar-refractivity contribution in [3.05, 3.63) is 35.9 Å². The van der Waals surface area contributed by atoms with Crippen LogP contribution in [0.1, 0.15) is 0 Å². The molecule has 0 aliphatic carbocycles. The van der Waals surface area contributed by atoms with Gasteiger partial charge >= 0.3 is 0 Å². The molecule has 1 aromatic carbocycles. The molecule has 1 aromatic heterocycles. The summed E-state index contributed by atoms with van der Waals surface area (Å²) in [4.78, 5) is 3.88. The molecule has 2 aromatic rings. The standard InChI is InChI=1S/C10H8F3N3/c1-16-4-15-9(10(16)14)5-2-6(11)8(13)7(12)3-5/h2-4H,14H2,1H3. The molecule has 0 saturated carbocycles. The summed E-state index contributed by atoms with van der Waals surface area (Å²) in [5.74, 6) is -3.77. The molecular formula is C10H8F3N3. The van der Waals surface area contributed by atoms with Crippen LogP contribution in [0.2, 0.25) is 0 Å². The molecule has 1 heterocycles. The van der Waals surface area contributed by atoms with Crippen molar-refractivity contribution in [3.63, 3.8) is 0 Å². The van der Waals surface area contributed by atoms with Crippen LogP contribution in [0.25, 0.3) is 11.3 Å². The van der Waals surface area contributed by atoms with Crippen molar-refractivity contribution in [2.45, 2.75) is 0 Å². The monoisotopic (exact) mass is 227 g/mol. The molecule has 2 N–H and O–H groups in total. The summed E-state index contributed by atoms with van der Waals surface area (Å²) in [5.41, 5.74) is 5.96. The first-order chi connectivity index (χ1) is 7.50. The quantitative estimate of drug-likeness (QED) is 0.758. The van der Waals surface area contributed by atoms with Crippen LogP contribution in [0.15, 0.2) is 18.5 Å². The first-order valence-corrected chi connectivity index (χ1v) is 4.42. The third-order valence-electron chi connectivity index (χ3n) is 2.24. The second-order valence-corrected chi connectivity index (χ2v) is 3.34. The lowest BCUT2D eigenvalue weighted by atomic mass is 10.1. The minimum atomic E-state index is -1.50. The van der Waals surface area contributed by atoms with E-state index in [-0.39, 0.29) is 17.1 Å². The van der Waals surface area contributed by atoms with E-state index >= 15 is 0 Å². The zero-order valence-corrected chi connectivity index (χ0v) is 8.34. The highest BCUT2D eigenvalue weighted by Crippen LogP contribution is 2.26. The highest BCUT2D eigenvalue weighted by Gasteiger charge is 2.15. The molecule has 84 valence electrons. The van der Waals surface area contributed by atoms with Gasteiger partial charge in [-0.1, -0.05) is 0 Å². The molecule has 0 amide bonds. The number of hydrogen-bond donors (Lipinski definition) is 1. The summed E-state index contributed by atoms with van der Waals surface area (Å²) in [6, 6.07) is 1.72. The number of nitrogens with two attached hydrogens (primary N) is 1. The van der Waals surface area contributed by atoms with E-state index in [1.54, 1.807) is 7.05 Å². The van der Waals surface area contributed by atoms with Crippen LogP contribution < -0.4 is 5.73 Å². The fourth-order valence-corrected chi connectivity index (χ4v) is 1.35. The molecule has 0 saturated heterocycles. The van der Waals surface area contributed by atoms with Gasteiger partial charge in [-0.3, -0.25) is 0 Å². The largest absolute Gasteiger partial charge is 0.383 e. The van der Waals surface area contributed by atoms with Crippen molar-refractivity contribution >= 4 is 5.82 Å². The molecule has 3 nitrogen and oxygen atoms in total. The van der Waals surface area contributed by atoms with Crippen LogP contribution in [0.4, 0.5) is 19.0 Å². The van der Waals surface area contributed by atoms with E-state index in [4.69, 9.17) is 5.73 Å². The molecule has 2 rings (SSSR count). The van der Waals surface area contributed by atoms with Crippen LogP contribution in [0.5, 0.6) is 0 Å². The average molecular weight is 227 g/mol. The number of nitrogens with zero attached hydrogens (tertiary/aromatic N) is 2. The van der Waals surface area contributed by atoms with Crippen LogP contribution in [-0.2, 0) is 7.05 Å². The number of aryl methyl sites for hydroxylation is 1. The van der Waals surface area contributed by atoms with Crippen LogP contribution in [-0.4, -0.2) is 9.55 Å². The Labute approximate surface area is 89.3 Å². The molecule has 0 radical (unpaired) electrons. The van der Waals surface area contributed by atoms with Gasteiger partial charge in [-0.15, -0.1) is 0 Å². The number of rotatable bonds is 1. The van der Waals surface area contributed by atoms with Crippen molar-refractivity contribution in [2.75, 3.05) is 5.73 Å². The SMILES string of the molecule is Cn1cnc(-c2cc(F)c(F)c(F)c2)c1N. The van der Waals surface area contributed by atoms with Gasteiger partial charge in [0, 0.05) is 12.6 Å². The van der Waals surface area contributed by atoms with Gasteiger partial charge in [-0.25, -0.2) is 18.2 Å². The summed E-state index contributed by atoms with van der Waals surface area (Å²) in [7, 11) is 1.64. The highest BCUT2D eigenvalue weighted by molar-refractivity contribution is 5.70. The number of hydrogen-bond acceptors (Lipinski definition) is 2. The minimum absolute atomic E-state index is 0.106. The summed E-state index contributed by atoms with van der Waals surface area (Å²) in [6.07, 6.45) is 1.41. The van der Waals surface area contributed by atoms with Gasteiger partial charge in [0.1, 0.15) is 11.5 Å². The van der Waals surface area contributed by atoms with Crippen molar-refractivity contribution in [1.82, 2.24) is 9.55 Å². The number of nitrogen functional groups attached to an aromatic ring is 1. The first-order valence-electron chi connectivity index (χ1n) is 4.42. The maximum atomic E-state index is 13.0. The summed E-state index contributed by atoms with van der Waals surface area (Å²) in [6.45, 7) is 0. The zero-order chi connectivity index (χ0) is 11.9. The lowest BCUT2D eigenvalue weighted by molar-refractivity contribution is 0.447. The Bertz CT molecular complexity index is 525. The van der Waals surface area contributed by atoms with E-state index in [1.165, 1.54) is 10.9 Å². The second-order valence-electron chi connectivity index (χ2n) is 3.34. The molecular weight excluding hydrogens is 219 g/mol. The predicted molar refractivity (Wildman–Crippen MR) is 52.9 cm³/mol. The van der Waals surface area contributed by atoms with E-state index in [0.29, 0.717) is 0 Å². The third-order valence-corrected chi connectivity index (χ3v) is 2.24. The Morgan fingerprint density at radius 2 is 1.75 bits per heavy atom. The van der Waals surface area contributed by atoms with Gasteiger partial charge in [0.15, 0.2) is 17.5 Å². The zero-order valence-electron chi connectivity index (χ0n) is 8.34. The number of benzene rings is 1. The number of aromatic nitrogens is 2. The molecule has 0 aliphatic heterocycles. The van der Waals surface area contributed by atoms with Crippen molar-refractivity contribution < 1.29 is 13.2 Å². The van der Waals surface area contributed by atoms with E-state index in [0.717, 1.165) is 12.1 Å². The summed E-state index contributed by atoms with van der Waals surface area (Å²) in [5, 5.41) is 0. The Hall–Kier alpha value is -1.98. The second kappa shape index (κ2) is 3.55.